The zero-order chi connectivity index (χ0) is 26.8. The summed E-state index contributed by atoms with van der Waals surface area (Å²) in [6.07, 6.45) is 13.4. The summed E-state index contributed by atoms with van der Waals surface area (Å²) in [6.45, 7) is 6.78. The van der Waals surface area contributed by atoms with Crippen molar-refractivity contribution in [1.29, 1.82) is 0 Å². The van der Waals surface area contributed by atoms with Crippen LogP contribution in [0.1, 0.15) is 90.5 Å². The first-order valence-electron chi connectivity index (χ1n) is 14.5. The molecule has 2 aliphatic carbocycles. The van der Waals surface area contributed by atoms with Crippen molar-refractivity contribution in [3.05, 3.63) is 90.5 Å². The van der Waals surface area contributed by atoms with E-state index in [9.17, 15) is 4.55 Å². The smallest absolute Gasteiger partial charge is 0.166 e. The first kappa shape index (κ1) is 29.3. The predicted molar refractivity (Wildman–Crippen MR) is 166 cm³/mol. The van der Waals surface area contributed by atoms with E-state index >= 15 is 0 Å². The summed E-state index contributed by atoms with van der Waals surface area (Å²) in [4.78, 5) is 4.10. The van der Waals surface area contributed by atoms with Crippen LogP contribution in [-0.2, 0) is 16.3 Å². The predicted octanol–water partition coefficient (Wildman–Crippen LogP) is 10.2. The molecular formula is C34H46NOS2+. The summed E-state index contributed by atoms with van der Waals surface area (Å²) in [6, 6.07) is 32.0. The second kappa shape index (κ2) is 14.6. The largest absolute Gasteiger partial charge is 0.317 e. The quantitative estimate of drug-likeness (QED) is 0.188. The Bertz CT molecular complexity index is 996. The molecule has 1 N–H and O–H groups in total. The van der Waals surface area contributed by atoms with E-state index in [1.54, 1.807) is 0 Å². The lowest BCUT2D eigenvalue weighted by Gasteiger charge is -2.38. The fourth-order valence-corrected chi connectivity index (χ4v) is 8.49. The standard InChI is InChI=1S/C22H23S.C12H23NOS/c1-22(2,3)18-14-16-21(17-15-18)23(19-10-6-4-7-11-19)20-12-8-5-9-13-20;14-15-13(11-7-3-1-4-8-11)12-9-5-2-6-10-12/h4-17H,1-3H3;11-12,14H,1-10H2/q+1;. The summed E-state index contributed by atoms with van der Waals surface area (Å²) in [5.41, 5.74) is 1.57. The van der Waals surface area contributed by atoms with Crippen LogP contribution in [-0.4, -0.2) is 20.9 Å². The van der Waals surface area contributed by atoms with E-state index in [2.05, 4.69) is 110 Å². The highest BCUT2D eigenvalue weighted by atomic mass is 32.2. The molecule has 2 nitrogen and oxygen atoms in total. The van der Waals surface area contributed by atoms with E-state index in [-0.39, 0.29) is 16.3 Å². The third-order valence-electron chi connectivity index (χ3n) is 7.88. The zero-order valence-electron chi connectivity index (χ0n) is 23.5. The number of rotatable bonds is 6. The highest BCUT2D eigenvalue weighted by Gasteiger charge is 2.30. The maximum Gasteiger partial charge on any atom is 0.166 e. The van der Waals surface area contributed by atoms with Gasteiger partial charge in [0.05, 0.1) is 23.1 Å². The van der Waals surface area contributed by atoms with E-state index in [0.717, 1.165) is 12.2 Å². The Morgan fingerprint density at radius 2 is 1.00 bits per heavy atom. The zero-order valence-corrected chi connectivity index (χ0v) is 25.2. The summed E-state index contributed by atoms with van der Waals surface area (Å²) in [5, 5.41) is 0. The number of hydrogen-bond acceptors (Lipinski definition) is 3. The average molecular weight is 549 g/mol. The number of nitrogens with zero attached hydrogens (tertiary/aromatic N) is 1. The Morgan fingerprint density at radius 3 is 1.37 bits per heavy atom. The van der Waals surface area contributed by atoms with E-state index in [1.807, 2.05) is 0 Å². The van der Waals surface area contributed by atoms with Crippen LogP contribution in [0.4, 0.5) is 0 Å². The van der Waals surface area contributed by atoms with Gasteiger partial charge < -0.3 is 4.55 Å². The molecule has 3 aromatic rings. The summed E-state index contributed by atoms with van der Waals surface area (Å²) in [5.74, 6) is 0. The van der Waals surface area contributed by atoms with E-state index < -0.39 is 0 Å². The van der Waals surface area contributed by atoms with Gasteiger partial charge in [0.25, 0.3) is 0 Å². The van der Waals surface area contributed by atoms with Gasteiger partial charge in [0.2, 0.25) is 0 Å². The van der Waals surface area contributed by atoms with Crippen molar-refractivity contribution in [1.82, 2.24) is 4.31 Å². The highest BCUT2D eigenvalue weighted by Crippen LogP contribution is 2.34. The van der Waals surface area contributed by atoms with Crippen LogP contribution in [0.25, 0.3) is 0 Å². The van der Waals surface area contributed by atoms with Crippen LogP contribution >= 0.6 is 12.2 Å². The molecule has 0 saturated heterocycles. The summed E-state index contributed by atoms with van der Waals surface area (Å²) in [7, 11) is -0.0497. The maximum atomic E-state index is 9.47. The SMILES string of the molecule is CC(C)(C)c1ccc([S+](c2ccccc2)c2ccccc2)cc1.OSN(C1CCCCC1)C1CCCCC1. The fraction of sp³-hybridized carbons (Fsp3) is 0.471. The Balaban J connectivity index is 0.000000194. The Morgan fingerprint density at radius 1 is 0.605 bits per heavy atom. The van der Waals surface area contributed by atoms with Gasteiger partial charge in [-0.15, -0.1) is 0 Å². The van der Waals surface area contributed by atoms with Gasteiger partial charge in [0.15, 0.2) is 14.7 Å². The van der Waals surface area contributed by atoms with Crippen LogP contribution in [0.15, 0.2) is 99.6 Å². The molecule has 0 aromatic heterocycles. The number of hydrogen-bond donors (Lipinski definition) is 1. The molecule has 2 fully saturated rings. The van der Waals surface area contributed by atoms with E-state index in [0.29, 0.717) is 12.1 Å². The molecule has 204 valence electrons. The minimum atomic E-state index is -0.0497. The highest BCUT2D eigenvalue weighted by molar-refractivity contribution is 7.97. The normalized spacial score (nSPS) is 17.3. The molecule has 0 unspecified atom stereocenters. The van der Waals surface area contributed by atoms with Gasteiger partial charge in [-0.05, 0) is 73.1 Å². The van der Waals surface area contributed by atoms with Gasteiger partial charge >= 0.3 is 0 Å². The third kappa shape index (κ3) is 8.14. The van der Waals surface area contributed by atoms with Gasteiger partial charge in [-0.25, -0.2) is 4.31 Å². The maximum absolute atomic E-state index is 9.47. The molecule has 0 aliphatic heterocycles. The van der Waals surface area contributed by atoms with Crippen molar-refractivity contribution in [3.63, 3.8) is 0 Å². The van der Waals surface area contributed by atoms with Crippen molar-refractivity contribution < 1.29 is 4.55 Å². The lowest BCUT2D eigenvalue weighted by atomic mass is 9.87. The van der Waals surface area contributed by atoms with Crippen molar-refractivity contribution in [2.24, 2.45) is 0 Å². The summed E-state index contributed by atoms with van der Waals surface area (Å²) >= 11 is 1.02. The monoisotopic (exact) mass is 548 g/mol. The van der Waals surface area contributed by atoms with E-state index in [1.165, 1.54) is 84.5 Å². The average Bonchev–Trinajstić information content (AvgIpc) is 2.96. The van der Waals surface area contributed by atoms with Crippen LogP contribution in [0.5, 0.6) is 0 Å². The van der Waals surface area contributed by atoms with Crippen LogP contribution in [0, 0.1) is 0 Å². The second-order valence-corrected chi connectivity index (χ2v) is 14.3. The molecule has 38 heavy (non-hydrogen) atoms. The van der Waals surface area contributed by atoms with Gasteiger partial charge in [-0.2, -0.15) is 0 Å². The molecule has 2 aliphatic rings. The molecule has 4 heteroatoms. The lowest BCUT2D eigenvalue weighted by molar-refractivity contribution is 0.177. The molecule has 3 aromatic carbocycles. The van der Waals surface area contributed by atoms with Crippen molar-refractivity contribution >= 4 is 23.1 Å². The van der Waals surface area contributed by atoms with Crippen LogP contribution in [0.2, 0.25) is 0 Å². The number of benzene rings is 3. The summed E-state index contributed by atoms with van der Waals surface area (Å²) < 4.78 is 11.8. The van der Waals surface area contributed by atoms with Crippen LogP contribution in [0.3, 0.4) is 0 Å². The van der Waals surface area contributed by atoms with Crippen molar-refractivity contribution in [2.75, 3.05) is 0 Å². The van der Waals surface area contributed by atoms with E-state index in [4.69, 9.17) is 0 Å². The minimum Gasteiger partial charge on any atom is -0.317 e. The topological polar surface area (TPSA) is 23.5 Å². The van der Waals surface area contributed by atoms with Crippen LogP contribution < -0.4 is 0 Å². The first-order chi connectivity index (χ1) is 18.5. The first-order valence-corrected chi connectivity index (χ1v) is 16.5. The lowest BCUT2D eigenvalue weighted by Crippen LogP contribution is -2.40. The molecule has 0 heterocycles. The fourth-order valence-electron chi connectivity index (χ4n) is 5.71. The van der Waals surface area contributed by atoms with Gasteiger partial charge in [-0.1, -0.05) is 108 Å². The third-order valence-corrected chi connectivity index (χ3v) is 10.9. The molecular weight excluding hydrogens is 503 g/mol. The van der Waals surface area contributed by atoms with Crippen molar-refractivity contribution in [2.45, 2.75) is 117 Å². The Kier molecular flexibility index (Phi) is 11.2. The minimum absolute atomic E-state index is 0.0497. The molecule has 0 amide bonds. The van der Waals surface area contributed by atoms with Gasteiger partial charge in [0.1, 0.15) is 0 Å². The van der Waals surface area contributed by atoms with Crippen molar-refractivity contribution in [3.8, 4) is 0 Å². The Labute approximate surface area is 238 Å². The molecule has 0 bridgehead atoms. The Hall–Kier alpha value is -1.72. The molecule has 2 saturated carbocycles. The second-order valence-electron chi connectivity index (χ2n) is 11.7. The molecule has 5 rings (SSSR count). The molecule has 0 radical (unpaired) electrons. The van der Waals surface area contributed by atoms with Gasteiger partial charge in [0, 0.05) is 12.1 Å². The van der Waals surface area contributed by atoms with Gasteiger partial charge in [-0.3, -0.25) is 0 Å². The molecule has 0 atom stereocenters. The molecule has 0 spiro atoms.